The van der Waals surface area contributed by atoms with Crippen molar-refractivity contribution in [3.63, 3.8) is 0 Å². The van der Waals surface area contributed by atoms with E-state index in [0.717, 1.165) is 12.0 Å². The molecule has 188 valence electrons. The predicted octanol–water partition coefficient (Wildman–Crippen LogP) is 4.34. The molecule has 1 N–H and O–H groups in total. The summed E-state index contributed by atoms with van der Waals surface area (Å²) in [4.78, 5) is 29.3. The van der Waals surface area contributed by atoms with Gasteiger partial charge in [-0.1, -0.05) is 31.5 Å². The van der Waals surface area contributed by atoms with Crippen LogP contribution >= 0.6 is 11.6 Å². The van der Waals surface area contributed by atoms with Gasteiger partial charge >= 0.3 is 11.7 Å². The largest absolute Gasteiger partial charge is 0.480 e. The van der Waals surface area contributed by atoms with Gasteiger partial charge in [0.2, 0.25) is 0 Å². The Morgan fingerprint density at radius 2 is 1.94 bits per heavy atom. The van der Waals surface area contributed by atoms with Gasteiger partial charge in [0, 0.05) is 17.3 Å². The molecular formula is C25H30ClN3O5S. The molecule has 3 aromatic rings. The molecule has 0 aliphatic heterocycles. The second-order valence-corrected chi connectivity index (χ2v) is 11.9. The Labute approximate surface area is 209 Å². The molecule has 1 aromatic carbocycles. The lowest BCUT2D eigenvalue weighted by Gasteiger charge is -2.22. The first-order valence-electron chi connectivity index (χ1n) is 11.9. The van der Waals surface area contributed by atoms with E-state index in [1.54, 1.807) is 41.1 Å². The van der Waals surface area contributed by atoms with E-state index < -0.39 is 28.0 Å². The molecule has 4 rings (SSSR count). The molecule has 1 saturated carbocycles. The number of rotatable bonds is 7. The first-order valence-corrected chi connectivity index (χ1v) is 13.9. The summed E-state index contributed by atoms with van der Waals surface area (Å²) < 4.78 is 29.6. The van der Waals surface area contributed by atoms with Gasteiger partial charge in [-0.3, -0.25) is 13.9 Å². The van der Waals surface area contributed by atoms with Crippen molar-refractivity contribution >= 4 is 38.6 Å². The Bertz CT molecular complexity index is 1410. The summed E-state index contributed by atoms with van der Waals surface area (Å²) in [6.07, 6.45) is 4.89. The van der Waals surface area contributed by atoms with Gasteiger partial charge in [0.05, 0.1) is 16.2 Å². The van der Waals surface area contributed by atoms with Crippen molar-refractivity contribution in [3.8, 4) is 0 Å². The molecule has 0 amide bonds. The fourth-order valence-corrected chi connectivity index (χ4v) is 7.63. The lowest BCUT2D eigenvalue weighted by molar-refractivity contribution is -0.137. The first kappa shape index (κ1) is 25.4. The van der Waals surface area contributed by atoms with Crippen molar-refractivity contribution < 1.29 is 18.3 Å². The zero-order valence-electron chi connectivity index (χ0n) is 19.9. The van der Waals surface area contributed by atoms with Crippen LogP contribution in [0.25, 0.3) is 11.2 Å². The summed E-state index contributed by atoms with van der Waals surface area (Å²) in [5.74, 6) is -0.982. The molecule has 1 aliphatic rings. The van der Waals surface area contributed by atoms with E-state index in [4.69, 9.17) is 11.6 Å². The van der Waals surface area contributed by atoms with Gasteiger partial charge in [-0.2, -0.15) is 0 Å². The van der Waals surface area contributed by atoms with Crippen molar-refractivity contribution in [2.75, 3.05) is 5.75 Å². The number of carbonyl (C=O) groups is 1. The average molecular weight is 520 g/mol. The lowest BCUT2D eigenvalue weighted by atomic mass is 9.91. The van der Waals surface area contributed by atoms with Crippen LogP contribution in [0.4, 0.5) is 0 Å². The van der Waals surface area contributed by atoms with E-state index >= 15 is 0 Å². The number of aryl methyl sites for hydroxylation is 1. The monoisotopic (exact) mass is 519 g/mol. The van der Waals surface area contributed by atoms with Crippen molar-refractivity contribution in [1.29, 1.82) is 0 Å². The Hall–Kier alpha value is -2.65. The summed E-state index contributed by atoms with van der Waals surface area (Å²) in [6, 6.07) is 8.23. The van der Waals surface area contributed by atoms with Gasteiger partial charge in [-0.25, -0.2) is 18.2 Å². The predicted molar refractivity (Wildman–Crippen MR) is 135 cm³/mol. The molecule has 0 radical (unpaired) electrons. The highest BCUT2D eigenvalue weighted by molar-refractivity contribution is 7.91. The normalized spacial score (nSPS) is 21.2. The fraction of sp³-hybridized carbons (Fsp3) is 0.480. The SMILES string of the molecule is CCc1ccc(Cl)cc1S(=O)(=O)CC1CCC(n2c(=O)n(CC(=O)O)c3cccnc32)CCC1C. The number of pyridine rings is 1. The molecule has 0 bridgehead atoms. The first-order chi connectivity index (χ1) is 16.6. The number of aromatic nitrogens is 3. The van der Waals surface area contributed by atoms with Gasteiger partial charge in [0.1, 0.15) is 6.54 Å². The van der Waals surface area contributed by atoms with Gasteiger partial charge in [-0.05, 0) is 73.8 Å². The van der Waals surface area contributed by atoms with Crippen LogP contribution in [0.15, 0.2) is 46.2 Å². The molecule has 0 saturated heterocycles. The minimum absolute atomic E-state index is 0.0299. The number of imidazole rings is 1. The van der Waals surface area contributed by atoms with Crippen LogP contribution in [-0.2, 0) is 27.6 Å². The molecule has 8 nitrogen and oxygen atoms in total. The molecule has 1 aliphatic carbocycles. The topological polar surface area (TPSA) is 111 Å². The summed E-state index contributed by atoms with van der Waals surface area (Å²) >= 11 is 6.12. The number of benzene rings is 1. The van der Waals surface area contributed by atoms with Gasteiger partial charge < -0.3 is 5.11 Å². The molecular weight excluding hydrogens is 490 g/mol. The van der Waals surface area contributed by atoms with Crippen LogP contribution in [0.1, 0.15) is 51.1 Å². The van der Waals surface area contributed by atoms with Gasteiger partial charge in [-0.15, -0.1) is 0 Å². The highest BCUT2D eigenvalue weighted by Crippen LogP contribution is 2.37. The van der Waals surface area contributed by atoms with Crippen molar-refractivity contribution in [1.82, 2.24) is 14.1 Å². The third-order valence-corrected chi connectivity index (χ3v) is 9.34. The van der Waals surface area contributed by atoms with Crippen LogP contribution in [-0.4, -0.2) is 39.4 Å². The van der Waals surface area contributed by atoms with E-state index in [1.807, 2.05) is 6.92 Å². The standard InChI is InChI=1S/C25H30ClN3O5S/c1-3-17-7-9-19(26)13-22(17)35(33,34)15-18-8-11-20(10-6-16(18)2)29-24-21(5-4-12-27-24)28(25(29)32)14-23(30)31/h4-5,7,9,12-13,16,18,20H,3,6,8,10-11,14-15H2,1-2H3,(H,30,31). The molecule has 3 atom stereocenters. The van der Waals surface area contributed by atoms with Crippen LogP contribution < -0.4 is 5.69 Å². The van der Waals surface area contributed by atoms with Crippen LogP contribution in [0, 0.1) is 11.8 Å². The van der Waals surface area contributed by atoms with E-state index in [-0.39, 0.29) is 23.6 Å². The Morgan fingerprint density at radius 1 is 1.20 bits per heavy atom. The van der Waals surface area contributed by atoms with Crippen molar-refractivity contribution in [2.24, 2.45) is 11.8 Å². The summed E-state index contributed by atoms with van der Waals surface area (Å²) in [5.41, 5.74) is 1.33. The van der Waals surface area contributed by atoms with Gasteiger partial charge in [0.25, 0.3) is 0 Å². The van der Waals surface area contributed by atoms with Crippen molar-refractivity contribution in [3.05, 3.63) is 57.6 Å². The maximum atomic E-state index is 13.4. The molecule has 1 fully saturated rings. The molecule has 10 heteroatoms. The quantitative estimate of drug-likeness (QED) is 0.465. The highest BCUT2D eigenvalue weighted by atomic mass is 35.5. The third-order valence-electron chi connectivity index (χ3n) is 7.19. The van der Waals surface area contributed by atoms with E-state index in [1.165, 1.54) is 4.57 Å². The Kier molecular flexibility index (Phi) is 7.38. The number of sulfone groups is 1. The summed E-state index contributed by atoms with van der Waals surface area (Å²) in [7, 11) is -3.54. The third kappa shape index (κ3) is 5.16. The number of hydrogen-bond donors (Lipinski definition) is 1. The molecule has 2 heterocycles. The number of hydrogen-bond acceptors (Lipinski definition) is 5. The minimum atomic E-state index is -3.54. The number of halogens is 1. The number of carboxylic acid groups (broad SMARTS) is 1. The minimum Gasteiger partial charge on any atom is -0.480 e. The number of fused-ring (bicyclic) bond motifs is 1. The maximum absolute atomic E-state index is 13.4. The van der Waals surface area contributed by atoms with Crippen LogP contribution in [0.2, 0.25) is 5.02 Å². The molecule has 3 unspecified atom stereocenters. The summed E-state index contributed by atoms with van der Waals surface area (Å²) in [5, 5.41) is 9.69. The second-order valence-electron chi connectivity index (χ2n) is 9.41. The van der Waals surface area contributed by atoms with Crippen LogP contribution in [0.5, 0.6) is 0 Å². The molecule has 0 spiro atoms. The van der Waals surface area contributed by atoms with Crippen LogP contribution in [0.3, 0.4) is 0 Å². The summed E-state index contributed by atoms with van der Waals surface area (Å²) in [6.45, 7) is 3.56. The molecule has 2 aromatic heterocycles. The van der Waals surface area contributed by atoms with E-state index in [0.29, 0.717) is 46.8 Å². The van der Waals surface area contributed by atoms with Gasteiger partial charge in [0.15, 0.2) is 15.5 Å². The molecule has 35 heavy (non-hydrogen) atoms. The highest BCUT2D eigenvalue weighted by Gasteiger charge is 2.32. The smallest absolute Gasteiger partial charge is 0.331 e. The average Bonchev–Trinajstić information content (AvgIpc) is 2.96. The maximum Gasteiger partial charge on any atom is 0.331 e. The zero-order chi connectivity index (χ0) is 25.3. The fourth-order valence-electron chi connectivity index (χ4n) is 5.24. The number of nitrogens with zero attached hydrogens (tertiary/aromatic N) is 3. The lowest BCUT2D eigenvalue weighted by Crippen LogP contribution is -2.29. The van der Waals surface area contributed by atoms with E-state index in [9.17, 15) is 23.1 Å². The Morgan fingerprint density at radius 3 is 2.66 bits per heavy atom. The zero-order valence-corrected chi connectivity index (χ0v) is 21.4. The second kappa shape index (κ2) is 10.1. The number of carboxylic acids is 1. The Balaban J connectivity index is 1.62. The number of aliphatic carboxylic acids is 1. The van der Waals surface area contributed by atoms with E-state index in [2.05, 4.69) is 11.9 Å². The van der Waals surface area contributed by atoms with Crippen molar-refractivity contribution in [2.45, 2.75) is 63.4 Å².